The Balaban J connectivity index is 2.58. The Morgan fingerprint density at radius 3 is 2.15 bits per heavy atom. The molecule has 2 aromatic rings. The van der Waals surface area contributed by atoms with Crippen LogP contribution >= 0.6 is 0 Å². The Hall–Kier alpha value is -2.11. The summed E-state index contributed by atoms with van der Waals surface area (Å²) in [5, 5.41) is 0. The van der Waals surface area contributed by atoms with E-state index in [4.69, 9.17) is 0 Å². The molecule has 0 saturated heterocycles. The van der Waals surface area contributed by atoms with Crippen molar-refractivity contribution in [3.63, 3.8) is 0 Å². The predicted octanol–water partition coefficient (Wildman–Crippen LogP) is 4.40. The van der Waals surface area contributed by atoms with Crippen molar-refractivity contribution >= 4 is 14.4 Å². The number of hydrogen-bond acceptors (Lipinski definition) is 1. The molecule has 0 aromatic heterocycles. The van der Waals surface area contributed by atoms with Gasteiger partial charge in [0.2, 0.25) is 0 Å². The summed E-state index contributed by atoms with van der Waals surface area (Å²) in [5.41, 5.74) is 7.06. The van der Waals surface area contributed by atoms with Crippen LogP contribution in [0.5, 0.6) is 0 Å². The Morgan fingerprint density at radius 2 is 1.50 bits per heavy atom. The highest BCUT2D eigenvalue weighted by atomic mass is 28.3. The summed E-state index contributed by atoms with van der Waals surface area (Å²) in [6, 6.07) is 15.6. The minimum atomic E-state index is -1.42. The van der Waals surface area contributed by atoms with E-state index in [2.05, 4.69) is 31.1 Å². The van der Waals surface area contributed by atoms with Crippen LogP contribution in [0.3, 0.4) is 0 Å². The van der Waals surface area contributed by atoms with Gasteiger partial charge in [0.1, 0.15) is 8.07 Å². The van der Waals surface area contributed by atoms with Crippen LogP contribution in [0.25, 0.3) is 11.1 Å². The van der Waals surface area contributed by atoms with E-state index in [1.165, 1.54) is 0 Å². The van der Waals surface area contributed by atoms with Gasteiger partial charge in [-0.3, -0.25) is 4.79 Å². The average molecular weight is 278 g/mol. The third-order valence-corrected chi connectivity index (χ3v) is 3.75. The van der Waals surface area contributed by atoms with Crippen LogP contribution in [0.15, 0.2) is 48.5 Å². The van der Waals surface area contributed by atoms with Crippen LogP contribution in [-0.4, -0.2) is 14.4 Å². The topological polar surface area (TPSA) is 17.1 Å². The minimum absolute atomic E-state index is 0.703. The zero-order chi connectivity index (χ0) is 14.6. The molecule has 0 saturated carbocycles. The maximum Gasteiger partial charge on any atom is 0.150 e. The number of aldehydes is 1. The van der Waals surface area contributed by atoms with Gasteiger partial charge in [-0.1, -0.05) is 68.0 Å². The van der Waals surface area contributed by atoms with E-state index in [9.17, 15) is 4.79 Å². The Kier molecular flexibility index (Phi) is 4.22. The monoisotopic (exact) mass is 278 g/mol. The zero-order valence-corrected chi connectivity index (χ0v) is 13.1. The Labute approximate surface area is 121 Å². The lowest BCUT2D eigenvalue weighted by molar-refractivity contribution is 0.112. The second kappa shape index (κ2) is 5.90. The molecule has 0 unspecified atom stereocenters. The summed E-state index contributed by atoms with van der Waals surface area (Å²) in [5.74, 6) is 3.30. The SMILES string of the molecule is C[Si](C)(C)C#Cc1ccccc1-c1ccccc1C=O. The fourth-order valence-corrected chi connectivity index (χ4v) is 2.44. The summed E-state index contributed by atoms with van der Waals surface area (Å²) < 4.78 is 0. The molecular weight excluding hydrogens is 260 g/mol. The number of carbonyl (C=O) groups excluding carboxylic acids is 1. The van der Waals surface area contributed by atoms with E-state index < -0.39 is 8.07 Å². The summed E-state index contributed by atoms with van der Waals surface area (Å²) >= 11 is 0. The van der Waals surface area contributed by atoms with E-state index in [1.54, 1.807) is 0 Å². The molecule has 2 rings (SSSR count). The van der Waals surface area contributed by atoms with Crippen molar-refractivity contribution in [2.45, 2.75) is 19.6 Å². The summed E-state index contributed by atoms with van der Waals surface area (Å²) in [4.78, 5) is 11.2. The molecule has 1 nitrogen and oxygen atoms in total. The van der Waals surface area contributed by atoms with Crippen molar-refractivity contribution in [3.8, 4) is 22.6 Å². The van der Waals surface area contributed by atoms with Crippen molar-refractivity contribution in [1.82, 2.24) is 0 Å². The molecule has 0 N–H and O–H groups in total. The molecule has 0 heterocycles. The normalized spacial score (nSPS) is 10.6. The highest BCUT2D eigenvalue weighted by molar-refractivity contribution is 6.83. The smallest absolute Gasteiger partial charge is 0.150 e. The molecule has 0 bridgehead atoms. The fourth-order valence-electron chi connectivity index (χ4n) is 1.93. The minimum Gasteiger partial charge on any atom is -0.298 e. The molecule has 0 aliphatic rings. The molecule has 2 aromatic carbocycles. The molecule has 0 atom stereocenters. The van der Waals surface area contributed by atoms with Gasteiger partial charge in [-0.15, -0.1) is 5.54 Å². The lowest BCUT2D eigenvalue weighted by Crippen LogP contribution is -2.16. The van der Waals surface area contributed by atoms with Crippen LogP contribution < -0.4 is 0 Å². The summed E-state index contributed by atoms with van der Waals surface area (Å²) in [6.45, 7) is 6.67. The second-order valence-electron chi connectivity index (χ2n) is 5.75. The average Bonchev–Trinajstić information content (AvgIpc) is 2.44. The highest BCUT2D eigenvalue weighted by Gasteiger charge is 2.10. The standard InChI is InChI=1S/C18H18OSi/c1-20(2,3)13-12-15-8-4-6-10-17(15)18-11-7-5-9-16(18)14-19/h4-11,14H,1-3H3. The summed E-state index contributed by atoms with van der Waals surface area (Å²) in [7, 11) is -1.42. The molecule has 0 fully saturated rings. The number of carbonyl (C=O) groups is 1. The first-order valence-corrected chi connectivity index (χ1v) is 10.2. The first-order chi connectivity index (χ1) is 9.51. The largest absolute Gasteiger partial charge is 0.298 e. The van der Waals surface area contributed by atoms with E-state index in [-0.39, 0.29) is 0 Å². The van der Waals surface area contributed by atoms with Gasteiger partial charge in [0.05, 0.1) is 0 Å². The molecule has 0 radical (unpaired) electrons. The highest BCUT2D eigenvalue weighted by Crippen LogP contribution is 2.25. The van der Waals surface area contributed by atoms with E-state index in [1.807, 2.05) is 48.5 Å². The van der Waals surface area contributed by atoms with Gasteiger partial charge < -0.3 is 0 Å². The summed E-state index contributed by atoms with van der Waals surface area (Å²) in [6.07, 6.45) is 0.901. The van der Waals surface area contributed by atoms with Gasteiger partial charge >= 0.3 is 0 Å². The fraction of sp³-hybridized carbons (Fsp3) is 0.167. The van der Waals surface area contributed by atoms with E-state index in [0.717, 1.165) is 23.0 Å². The number of rotatable bonds is 2. The van der Waals surface area contributed by atoms with Crippen LogP contribution in [-0.2, 0) is 0 Å². The maximum absolute atomic E-state index is 11.2. The van der Waals surface area contributed by atoms with Gasteiger partial charge in [-0.25, -0.2) is 0 Å². The van der Waals surface area contributed by atoms with Crippen molar-refractivity contribution < 1.29 is 4.79 Å². The van der Waals surface area contributed by atoms with Crippen LogP contribution in [0.2, 0.25) is 19.6 Å². The molecule has 0 amide bonds. The number of hydrogen-bond donors (Lipinski definition) is 0. The van der Waals surface area contributed by atoms with Gasteiger partial charge in [-0.2, -0.15) is 0 Å². The lowest BCUT2D eigenvalue weighted by atomic mass is 9.96. The molecule has 2 heteroatoms. The Morgan fingerprint density at radius 1 is 0.900 bits per heavy atom. The molecule has 20 heavy (non-hydrogen) atoms. The van der Waals surface area contributed by atoms with Crippen molar-refractivity contribution in [3.05, 3.63) is 59.7 Å². The van der Waals surface area contributed by atoms with Crippen molar-refractivity contribution in [1.29, 1.82) is 0 Å². The third-order valence-electron chi connectivity index (χ3n) is 2.88. The third kappa shape index (κ3) is 3.46. The molecule has 0 aliphatic heterocycles. The first-order valence-electron chi connectivity index (χ1n) is 6.68. The van der Waals surface area contributed by atoms with Crippen LogP contribution in [0, 0.1) is 11.5 Å². The van der Waals surface area contributed by atoms with Crippen molar-refractivity contribution in [2.24, 2.45) is 0 Å². The zero-order valence-electron chi connectivity index (χ0n) is 12.1. The van der Waals surface area contributed by atoms with Crippen molar-refractivity contribution in [2.75, 3.05) is 0 Å². The van der Waals surface area contributed by atoms with E-state index >= 15 is 0 Å². The Bertz CT molecular complexity index is 684. The van der Waals surface area contributed by atoms with Crippen LogP contribution in [0.1, 0.15) is 15.9 Å². The van der Waals surface area contributed by atoms with Gasteiger partial charge in [0.15, 0.2) is 6.29 Å². The molecule has 0 spiro atoms. The molecular formula is C18H18OSi. The predicted molar refractivity (Wildman–Crippen MR) is 87.5 cm³/mol. The maximum atomic E-state index is 11.2. The van der Waals surface area contributed by atoms with Gasteiger partial charge in [-0.05, 0) is 17.2 Å². The van der Waals surface area contributed by atoms with E-state index in [0.29, 0.717) is 5.56 Å². The quantitative estimate of drug-likeness (QED) is 0.452. The van der Waals surface area contributed by atoms with Gasteiger partial charge in [0, 0.05) is 11.1 Å². The first kappa shape index (κ1) is 14.3. The lowest BCUT2D eigenvalue weighted by Gasteiger charge is -2.08. The molecule has 100 valence electrons. The second-order valence-corrected chi connectivity index (χ2v) is 10.5. The van der Waals surface area contributed by atoms with Crippen LogP contribution in [0.4, 0.5) is 0 Å². The molecule has 0 aliphatic carbocycles. The van der Waals surface area contributed by atoms with Gasteiger partial charge in [0.25, 0.3) is 0 Å². The number of benzene rings is 2.